The van der Waals surface area contributed by atoms with Crippen molar-refractivity contribution in [3.8, 4) is 0 Å². The van der Waals surface area contributed by atoms with Crippen LogP contribution in [0, 0.1) is 0 Å². The zero-order chi connectivity index (χ0) is 14.0. The molecule has 0 aliphatic heterocycles. The van der Waals surface area contributed by atoms with Crippen molar-refractivity contribution in [3.63, 3.8) is 0 Å². The number of nitrogens with zero attached hydrogens (tertiary/aromatic N) is 1. The second kappa shape index (κ2) is 9.44. The summed E-state index contributed by atoms with van der Waals surface area (Å²) in [6.45, 7) is 6.99. The normalized spacial score (nSPS) is 9.72. The number of rotatable bonds is 8. The van der Waals surface area contributed by atoms with Crippen molar-refractivity contribution in [1.29, 1.82) is 0 Å². The van der Waals surface area contributed by atoms with Crippen molar-refractivity contribution in [2.24, 2.45) is 0 Å². The fourth-order valence-electron chi connectivity index (χ4n) is 1.40. The van der Waals surface area contributed by atoms with Crippen LogP contribution in [0.2, 0.25) is 0 Å². The Hall–Kier alpha value is -1.59. The first-order chi connectivity index (χ1) is 8.54. The molecule has 6 nitrogen and oxygen atoms in total. The molecule has 0 saturated heterocycles. The lowest BCUT2D eigenvalue weighted by Crippen LogP contribution is -2.40. The largest absolute Gasteiger partial charge is 0.466 e. The number of amides is 2. The van der Waals surface area contributed by atoms with E-state index in [9.17, 15) is 14.4 Å². The van der Waals surface area contributed by atoms with Gasteiger partial charge >= 0.3 is 5.97 Å². The minimum Gasteiger partial charge on any atom is -0.466 e. The molecule has 0 fully saturated rings. The van der Waals surface area contributed by atoms with E-state index in [0.29, 0.717) is 19.7 Å². The van der Waals surface area contributed by atoms with E-state index in [1.165, 1.54) is 0 Å². The summed E-state index contributed by atoms with van der Waals surface area (Å²) in [6, 6.07) is 0. The van der Waals surface area contributed by atoms with E-state index in [0.717, 1.165) is 0 Å². The molecule has 0 spiro atoms. The lowest BCUT2D eigenvalue weighted by molar-refractivity contribution is -0.144. The van der Waals surface area contributed by atoms with Crippen molar-refractivity contribution < 1.29 is 19.1 Å². The van der Waals surface area contributed by atoms with Crippen molar-refractivity contribution in [3.05, 3.63) is 0 Å². The Labute approximate surface area is 108 Å². The second-order valence-electron chi connectivity index (χ2n) is 3.65. The van der Waals surface area contributed by atoms with Crippen molar-refractivity contribution in [2.75, 3.05) is 26.2 Å². The van der Waals surface area contributed by atoms with Crippen LogP contribution in [-0.2, 0) is 19.1 Å². The van der Waals surface area contributed by atoms with Gasteiger partial charge in [0.15, 0.2) is 0 Å². The van der Waals surface area contributed by atoms with Gasteiger partial charge < -0.3 is 15.0 Å². The molecular weight excluding hydrogens is 236 g/mol. The van der Waals surface area contributed by atoms with Crippen LogP contribution in [0.15, 0.2) is 0 Å². The Morgan fingerprint density at radius 2 is 1.67 bits per heavy atom. The Bertz CT molecular complexity index is 288. The third kappa shape index (κ3) is 6.88. The highest BCUT2D eigenvalue weighted by Gasteiger charge is 2.12. The van der Waals surface area contributed by atoms with Gasteiger partial charge in [-0.2, -0.15) is 0 Å². The summed E-state index contributed by atoms with van der Waals surface area (Å²) in [5, 5.41) is 2.49. The molecule has 0 aromatic rings. The predicted octanol–water partition coefficient (Wildman–Crippen LogP) is 0.314. The molecule has 0 atom stereocenters. The van der Waals surface area contributed by atoms with Crippen LogP contribution >= 0.6 is 0 Å². The highest BCUT2D eigenvalue weighted by Crippen LogP contribution is 1.93. The molecule has 0 radical (unpaired) electrons. The van der Waals surface area contributed by atoms with Crippen LogP contribution in [0.3, 0.4) is 0 Å². The van der Waals surface area contributed by atoms with Crippen molar-refractivity contribution in [1.82, 2.24) is 10.2 Å². The lowest BCUT2D eigenvalue weighted by atomic mass is 10.3. The summed E-state index contributed by atoms with van der Waals surface area (Å²) in [4.78, 5) is 35.6. The molecule has 18 heavy (non-hydrogen) atoms. The highest BCUT2D eigenvalue weighted by atomic mass is 16.5. The number of nitrogens with one attached hydrogen (secondary N) is 1. The minimum atomic E-state index is -0.400. The zero-order valence-electron chi connectivity index (χ0n) is 11.3. The van der Waals surface area contributed by atoms with Gasteiger partial charge in [0, 0.05) is 19.5 Å². The van der Waals surface area contributed by atoms with Gasteiger partial charge in [0.05, 0.1) is 19.6 Å². The first-order valence-corrected chi connectivity index (χ1v) is 6.25. The fourth-order valence-corrected chi connectivity index (χ4v) is 1.40. The summed E-state index contributed by atoms with van der Waals surface area (Å²) < 4.78 is 4.70. The fraction of sp³-hybridized carbons (Fsp3) is 0.750. The number of esters is 1. The van der Waals surface area contributed by atoms with Crippen molar-refractivity contribution >= 4 is 17.8 Å². The van der Waals surface area contributed by atoms with E-state index in [2.05, 4.69) is 5.32 Å². The average Bonchev–Trinajstić information content (AvgIpc) is 2.35. The summed E-state index contributed by atoms with van der Waals surface area (Å²) in [5.41, 5.74) is 0. The second-order valence-corrected chi connectivity index (χ2v) is 3.65. The Balaban J connectivity index is 3.83. The van der Waals surface area contributed by atoms with Gasteiger partial charge in [-0.05, 0) is 20.8 Å². The third-order valence-corrected chi connectivity index (χ3v) is 2.41. The Morgan fingerprint density at radius 3 is 2.17 bits per heavy atom. The zero-order valence-corrected chi connectivity index (χ0v) is 11.3. The summed E-state index contributed by atoms with van der Waals surface area (Å²) in [7, 11) is 0. The number of hydrogen-bond acceptors (Lipinski definition) is 4. The van der Waals surface area contributed by atoms with Gasteiger partial charge in [-0.25, -0.2) is 0 Å². The maximum absolute atomic E-state index is 11.6. The molecule has 0 aliphatic rings. The van der Waals surface area contributed by atoms with Gasteiger partial charge in [-0.3, -0.25) is 14.4 Å². The molecule has 2 amide bonds. The van der Waals surface area contributed by atoms with Crippen LogP contribution in [0.5, 0.6) is 0 Å². The van der Waals surface area contributed by atoms with Crippen LogP contribution in [0.1, 0.15) is 33.6 Å². The molecular formula is C12H22N2O4. The van der Waals surface area contributed by atoms with E-state index >= 15 is 0 Å². The number of likely N-dealkylation sites (N-methyl/N-ethyl adjacent to an activating group) is 1. The van der Waals surface area contributed by atoms with E-state index < -0.39 is 5.97 Å². The van der Waals surface area contributed by atoms with Gasteiger partial charge in [-0.15, -0.1) is 0 Å². The van der Waals surface area contributed by atoms with E-state index in [1.807, 2.05) is 13.8 Å². The number of hydrogen-bond donors (Lipinski definition) is 1. The average molecular weight is 258 g/mol. The van der Waals surface area contributed by atoms with Crippen molar-refractivity contribution in [2.45, 2.75) is 33.6 Å². The molecule has 0 rings (SSSR count). The molecule has 1 N–H and O–H groups in total. The molecule has 0 aromatic heterocycles. The Kier molecular flexibility index (Phi) is 8.61. The highest BCUT2D eigenvalue weighted by molar-refractivity contribution is 5.86. The van der Waals surface area contributed by atoms with E-state index in [-0.39, 0.29) is 31.2 Å². The maximum Gasteiger partial charge on any atom is 0.306 e. The first-order valence-electron chi connectivity index (χ1n) is 6.25. The van der Waals surface area contributed by atoms with E-state index in [1.54, 1.807) is 11.8 Å². The first kappa shape index (κ1) is 16.4. The summed E-state index contributed by atoms with van der Waals surface area (Å²) in [6.07, 6.45) is 0.0868. The molecule has 0 bridgehead atoms. The number of carbonyl (C=O) groups excluding carboxylic acids is 3. The van der Waals surface area contributed by atoms with Crippen LogP contribution < -0.4 is 5.32 Å². The van der Waals surface area contributed by atoms with Gasteiger partial charge in [0.25, 0.3) is 0 Å². The smallest absolute Gasteiger partial charge is 0.306 e. The predicted molar refractivity (Wildman–Crippen MR) is 66.8 cm³/mol. The maximum atomic E-state index is 11.6. The van der Waals surface area contributed by atoms with Gasteiger partial charge in [0.1, 0.15) is 0 Å². The molecule has 104 valence electrons. The summed E-state index contributed by atoms with van der Waals surface area (Å²) >= 11 is 0. The topological polar surface area (TPSA) is 75.7 Å². The molecule has 0 aromatic carbocycles. The molecule has 0 heterocycles. The van der Waals surface area contributed by atoms with Crippen LogP contribution in [0.25, 0.3) is 0 Å². The molecule has 0 unspecified atom stereocenters. The van der Waals surface area contributed by atoms with Gasteiger partial charge in [0.2, 0.25) is 11.8 Å². The van der Waals surface area contributed by atoms with Crippen LogP contribution in [-0.4, -0.2) is 48.9 Å². The van der Waals surface area contributed by atoms with Crippen LogP contribution in [0.4, 0.5) is 0 Å². The summed E-state index contributed by atoms with van der Waals surface area (Å²) in [5.74, 6) is -0.837. The number of ether oxygens (including phenoxy) is 1. The lowest BCUT2D eigenvalue weighted by Gasteiger charge is -2.18. The standard InChI is InChI=1S/C12H22N2O4/c1-4-14(5-2)11(16)9-13-10(15)7-8-12(17)18-6-3/h4-9H2,1-3H3,(H,13,15). The van der Waals surface area contributed by atoms with Gasteiger partial charge in [-0.1, -0.05) is 0 Å². The monoisotopic (exact) mass is 258 g/mol. The minimum absolute atomic E-state index is 0.0245. The Morgan fingerprint density at radius 1 is 1.06 bits per heavy atom. The quantitative estimate of drug-likeness (QED) is 0.636. The third-order valence-electron chi connectivity index (χ3n) is 2.41. The number of carbonyl (C=O) groups is 3. The SMILES string of the molecule is CCOC(=O)CCC(=O)NCC(=O)N(CC)CC. The molecule has 0 saturated carbocycles. The van der Waals surface area contributed by atoms with E-state index in [4.69, 9.17) is 4.74 Å². The molecule has 6 heteroatoms. The molecule has 0 aliphatic carbocycles.